The van der Waals surface area contributed by atoms with Crippen LogP contribution in [-0.2, 0) is 16.4 Å². The van der Waals surface area contributed by atoms with Crippen LogP contribution in [0.1, 0.15) is 18.4 Å². The molecule has 1 saturated heterocycles. The lowest BCUT2D eigenvalue weighted by atomic mass is 9.97. The van der Waals surface area contributed by atoms with Crippen molar-refractivity contribution in [1.29, 1.82) is 0 Å². The van der Waals surface area contributed by atoms with E-state index in [0.717, 1.165) is 38.9 Å². The second-order valence-corrected chi connectivity index (χ2v) is 8.95. The first-order valence-electron chi connectivity index (χ1n) is 9.05. The van der Waals surface area contributed by atoms with Gasteiger partial charge in [0.25, 0.3) is 0 Å². The number of hydrogen-bond acceptors (Lipinski definition) is 3. The molecule has 0 amide bonds. The fraction of sp³-hybridized carbons (Fsp3) is 0.400. The Morgan fingerprint density at radius 2 is 1.65 bits per heavy atom. The molecule has 1 aliphatic heterocycles. The van der Waals surface area contributed by atoms with Crippen molar-refractivity contribution >= 4 is 21.6 Å². The van der Waals surface area contributed by atoms with E-state index in [1.54, 1.807) is 18.2 Å². The van der Waals surface area contributed by atoms with Gasteiger partial charge in [0, 0.05) is 13.1 Å². The molecule has 0 atom stereocenters. The van der Waals surface area contributed by atoms with Crippen LogP contribution in [0.4, 0.5) is 0 Å². The molecule has 0 aromatic heterocycles. The van der Waals surface area contributed by atoms with Crippen LogP contribution in [0.25, 0.3) is 0 Å². The molecule has 2 aromatic rings. The Morgan fingerprint density at radius 1 is 1.00 bits per heavy atom. The van der Waals surface area contributed by atoms with Crippen molar-refractivity contribution in [2.24, 2.45) is 5.92 Å². The van der Waals surface area contributed by atoms with E-state index in [9.17, 15) is 8.42 Å². The van der Waals surface area contributed by atoms with Gasteiger partial charge in [0.1, 0.15) is 4.90 Å². The summed E-state index contributed by atoms with van der Waals surface area (Å²) < 4.78 is 27.6. The van der Waals surface area contributed by atoms with Crippen molar-refractivity contribution in [2.75, 3.05) is 26.2 Å². The fourth-order valence-electron chi connectivity index (χ4n) is 3.31. The van der Waals surface area contributed by atoms with Crippen molar-refractivity contribution in [1.82, 2.24) is 9.62 Å². The summed E-state index contributed by atoms with van der Waals surface area (Å²) in [5, 5.41) is 0.260. The highest BCUT2D eigenvalue weighted by atomic mass is 35.5. The monoisotopic (exact) mass is 392 g/mol. The number of hydrogen-bond donors (Lipinski definition) is 1. The molecule has 140 valence electrons. The first-order valence-corrected chi connectivity index (χ1v) is 10.9. The Morgan fingerprint density at radius 3 is 2.35 bits per heavy atom. The van der Waals surface area contributed by atoms with Crippen molar-refractivity contribution in [3.8, 4) is 0 Å². The zero-order valence-electron chi connectivity index (χ0n) is 14.8. The smallest absolute Gasteiger partial charge is 0.242 e. The van der Waals surface area contributed by atoms with Crippen molar-refractivity contribution in [2.45, 2.75) is 24.2 Å². The molecule has 0 bridgehead atoms. The second-order valence-electron chi connectivity index (χ2n) is 6.80. The van der Waals surface area contributed by atoms with Crippen molar-refractivity contribution in [3.05, 3.63) is 65.2 Å². The number of likely N-dealkylation sites (tertiary alicyclic amines) is 1. The maximum atomic E-state index is 12.4. The maximum absolute atomic E-state index is 12.4. The summed E-state index contributed by atoms with van der Waals surface area (Å²) >= 11 is 6.01. The van der Waals surface area contributed by atoms with Gasteiger partial charge in [-0.1, -0.05) is 54.1 Å². The van der Waals surface area contributed by atoms with E-state index < -0.39 is 10.0 Å². The zero-order chi connectivity index (χ0) is 18.4. The Bertz CT molecular complexity index is 804. The minimum Gasteiger partial charge on any atom is -0.303 e. The number of benzene rings is 2. The normalized spacial score (nSPS) is 16.7. The molecule has 1 aliphatic rings. The summed E-state index contributed by atoms with van der Waals surface area (Å²) in [5.74, 6) is 0.375. The quantitative estimate of drug-likeness (QED) is 0.783. The third-order valence-corrected chi connectivity index (χ3v) is 6.88. The Balaban J connectivity index is 1.43. The van der Waals surface area contributed by atoms with Gasteiger partial charge < -0.3 is 4.90 Å². The summed E-state index contributed by atoms with van der Waals surface area (Å²) in [6, 6.07) is 17.1. The zero-order valence-corrected chi connectivity index (χ0v) is 16.3. The lowest BCUT2D eigenvalue weighted by Gasteiger charge is -2.32. The molecule has 1 heterocycles. The molecular formula is C20H25ClN2O2S. The highest BCUT2D eigenvalue weighted by Gasteiger charge is 2.22. The van der Waals surface area contributed by atoms with Gasteiger partial charge in [-0.15, -0.1) is 0 Å². The molecule has 1 N–H and O–H groups in total. The molecule has 2 aromatic carbocycles. The van der Waals surface area contributed by atoms with E-state index in [2.05, 4.69) is 33.9 Å². The summed E-state index contributed by atoms with van der Waals surface area (Å²) in [5.41, 5.74) is 1.36. The topological polar surface area (TPSA) is 49.4 Å². The first kappa shape index (κ1) is 19.4. The van der Waals surface area contributed by atoms with Gasteiger partial charge in [-0.25, -0.2) is 13.1 Å². The van der Waals surface area contributed by atoms with E-state index in [1.807, 2.05) is 6.07 Å². The Kier molecular flexibility index (Phi) is 6.70. The molecule has 4 nitrogen and oxygen atoms in total. The largest absolute Gasteiger partial charge is 0.303 e. The van der Waals surface area contributed by atoms with Crippen molar-refractivity contribution < 1.29 is 8.42 Å². The lowest BCUT2D eigenvalue weighted by molar-refractivity contribution is 0.187. The predicted octanol–water partition coefficient (Wildman–Crippen LogP) is 3.57. The third-order valence-electron chi connectivity index (χ3n) is 4.95. The van der Waals surface area contributed by atoms with Gasteiger partial charge >= 0.3 is 0 Å². The van der Waals surface area contributed by atoms with Gasteiger partial charge in [0.05, 0.1) is 5.02 Å². The summed E-state index contributed by atoms with van der Waals surface area (Å²) in [6.07, 6.45) is 3.09. The minimum absolute atomic E-state index is 0.155. The molecule has 0 unspecified atom stereocenters. The van der Waals surface area contributed by atoms with Gasteiger partial charge in [-0.05, 0) is 56.0 Å². The fourth-order valence-corrected chi connectivity index (χ4v) is 4.95. The van der Waals surface area contributed by atoms with Crippen LogP contribution in [-0.4, -0.2) is 39.5 Å². The number of sulfonamides is 1. The maximum Gasteiger partial charge on any atom is 0.242 e. The standard InChI is InChI=1S/C20H25ClN2O2S/c21-19-8-4-5-9-20(19)26(24,25)22-16-18-11-14-23(15-12-18)13-10-17-6-2-1-3-7-17/h1-9,18,22H,10-16H2. The number of halogens is 1. The van der Waals surface area contributed by atoms with Gasteiger partial charge in [-0.3, -0.25) is 0 Å². The summed E-state index contributed by atoms with van der Waals surface area (Å²) in [4.78, 5) is 2.62. The predicted molar refractivity (Wildman–Crippen MR) is 106 cm³/mol. The van der Waals surface area contributed by atoms with Crippen LogP contribution in [0, 0.1) is 5.92 Å². The molecule has 26 heavy (non-hydrogen) atoms. The van der Waals surface area contributed by atoms with Crippen LogP contribution in [0.3, 0.4) is 0 Å². The molecule has 0 radical (unpaired) electrons. The molecule has 0 saturated carbocycles. The SMILES string of the molecule is O=S(=O)(NCC1CCN(CCc2ccccc2)CC1)c1ccccc1Cl. The molecule has 6 heteroatoms. The molecule has 0 spiro atoms. The van der Waals surface area contributed by atoms with Crippen LogP contribution in [0.5, 0.6) is 0 Å². The molecule has 1 fully saturated rings. The van der Waals surface area contributed by atoms with Crippen molar-refractivity contribution in [3.63, 3.8) is 0 Å². The number of piperidine rings is 1. The van der Waals surface area contributed by atoms with Crippen LogP contribution in [0.15, 0.2) is 59.5 Å². The number of nitrogens with zero attached hydrogens (tertiary/aromatic N) is 1. The molecular weight excluding hydrogens is 368 g/mol. The second kappa shape index (κ2) is 9.00. The van der Waals surface area contributed by atoms with E-state index in [-0.39, 0.29) is 9.92 Å². The van der Waals surface area contributed by atoms with E-state index >= 15 is 0 Å². The van der Waals surface area contributed by atoms with E-state index in [4.69, 9.17) is 11.6 Å². The first-order chi connectivity index (χ1) is 12.5. The lowest BCUT2D eigenvalue weighted by Crippen LogP contribution is -2.39. The van der Waals surface area contributed by atoms with Gasteiger partial charge in [0.2, 0.25) is 10.0 Å². The van der Waals surface area contributed by atoms with E-state index in [0.29, 0.717) is 12.5 Å². The van der Waals surface area contributed by atoms with E-state index in [1.165, 1.54) is 11.6 Å². The highest BCUT2D eigenvalue weighted by molar-refractivity contribution is 7.89. The average Bonchev–Trinajstić information content (AvgIpc) is 2.67. The summed E-state index contributed by atoms with van der Waals surface area (Å²) in [7, 11) is -3.55. The minimum atomic E-state index is -3.55. The summed E-state index contributed by atoms with van der Waals surface area (Å²) in [6.45, 7) is 3.57. The number of nitrogens with one attached hydrogen (secondary N) is 1. The highest BCUT2D eigenvalue weighted by Crippen LogP contribution is 2.22. The Labute approximate surface area is 161 Å². The Hall–Kier alpha value is -1.40. The van der Waals surface area contributed by atoms with Crippen LogP contribution >= 0.6 is 11.6 Å². The molecule has 3 rings (SSSR count). The van der Waals surface area contributed by atoms with Gasteiger partial charge in [0.15, 0.2) is 0 Å². The van der Waals surface area contributed by atoms with Crippen LogP contribution in [0.2, 0.25) is 5.02 Å². The van der Waals surface area contributed by atoms with Crippen LogP contribution < -0.4 is 4.72 Å². The number of rotatable bonds is 7. The average molecular weight is 393 g/mol. The molecule has 0 aliphatic carbocycles. The third kappa shape index (κ3) is 5.30. The van der Waals surface area contributed by atoms with Gasteiger partial charge in [-0.2, -0.15) is 0 Å².